The maximum Gasteiger partial charge on any atom is 0.163 e. The summed E-state index contributed by atoms with van der Waals surface area (Å²) in [4.78, 5) is 0. The van der Waals surface area contributed by atoms with E-state index >= 15 is 0 Å². The molecule has 3 rings (SSSR count). The lowest BCUT2D eigenvalue weighted by Gasteiger charge is -2.41. The van der Waals surface area contributed by atoms with Crippen LogP contribution in [0.2, 0.25) is 0 Å². The molecule has 0 aliphatic carbocycles. The third kappa shape index (κ3) is 4.70. The first kappa shape index (κ1) is 20.7. The van der Waals surface area contributed by atoms with Gasteiger partial charge in [0.2, 0.25) is 0 Å². The lowest BCUT2D eigenvalue weighted by molar-refractivity contribution is -0.234. The van der Waals surface area contributed by atoms with Crippen molar-refractivity contribution in [3.63, 3.8) is 0 Å². The van der Waals surface area contributed by atoms with Gasteiger partial charge in [0.25, 0.3) is 0 Å². The second-order valence-electron chi connectivity index (χ2n) is 8.25. The summed E-state index contributed by atoms with van der Waals surface area (Å²) in [5.74, 6) is -1.44. The molecule has 6 nitrogen and oxygen atoms in total. The predicted molar refractivity (Wildman–Crippen MR) is 100 cm³/mol. The first-order chi connectivity index (χ1) is 12.7. The Hall–Kier alpha value is -1.02. The molecule has 0 aromatic heterocycles. The van der Waals surface area contributed by atoms with Gasteiger partial charge in [0.05, 0.1) is 19.8 Å². The van der Waals surface area contributed by atoms with E-state index in [1.807, 2.05) is 65.0 Å². The van der Waals surface area contributed by atoms with Crippen molar-refractivity contribution in [3.8, 4) is 0 Å². The van der Waals surface area contributed by atoms with Gasteiger partial charge in [-0.2, -0.15) is 0 Å². The van der Waals surface area contributed by atoms with Gasteiger partial charge in [0.15, 0.2) is 11.6 Å². The number of aliphatic hydroxyl groups is 1. The van der Waals surface area contributed by atoms with Gasteiger partial charge in [-0.15, -0.1) is 0 Å². The summed E-state index contributed by atoms with van der Waals surface area (Å²) < 4.78 is 29.8. The fraction of sp³-hybridized carbons (Fsp3) is 0.714. The monoisotopic (exact) mass is 380 g/mol. The molecule has 2 fully saturated rings. The molecule has 0 amide bonds. The van der Waals surface area contributed by atoms with E-state index < -0.39 is 35.5 Å². The molecule has 2 aliphatic rings. The summed E-state index contributed by atoms with van der Waals surface area (Å²) in [6.45, 7) is 10.4. The van der Waals surface area contributed by atoms with E-state index in [-0.39, 0.29) is 0 Å². The second kappa shape index (κ2) is 7.78. The topological polar surface area (TPSA) is 66.4 Å². The van der Waals surface area contributed by atoms with Crippen molar-refractivity contribution in [2.24, 2.45) is 0 Å². The summed E-state index contributed by atoms with van der Waals surface area (Å²) in [5.41, 5.74) is -0.236. The number of hydrogen-bond acceptors (Lipinski definition) is 6. The Morgan fingerprint density at radius 2 is 1.70 bits per heavy atom. The molecule has 1 N–H and O–H groups in total. The average molecular weight is 380 g/mol. The Kier molecular flexibility index (Phi) is 5.96. The van der Waals surface area contributed by atoms with Crippen LogP contribution in [-0.2, 0) is 30.3 Å². The van der Waals surface area contributed by atoms with Gasteiger partial charge in [-0.3, -0.25) is 0 Å². The van der Waals surface area contributed by atoms with E-state index in [2.05, 4.69) is 0 Å². The Balaban J connectivity index is 1.83. The highest BCUT2D eigenvalue weighted by molar-refractivity contribution is 5.14. The van der Waals surface area contributed by atoms with Crippen molar-refractivity contribution < 1.29 is 28.8 Å². The van der Waals surface area contributed by atoms with E-state index in [1.54, 1.807) is 0 Å². The van der Waals surface area contributed by atoms with Crippen molar-refractivity contribution in [1.82, 2.24) is 0 Å². The summed E-state index contributed by atoms with van der Waals surface area (Å²) in [6.07, 6.45) is -1.09. The molecule has 4 atom stereocenters. The molecule has 6 heteroatoms. The molecule has 0 radical (unpaired) electrons. The smallest absolute Gasteiger partial charge is 0.163 e. The van der Waals surface area contributed by atoms with E-state index in [1.165, 1.54) is 0 Å². The Labute approximate surface area is 161 Å². The minimum absolute atomic E-state index is 0.305. The third-order valence-electron chi connectivity index (χ3n) is 5.27. The standard InChI is InChI=1S/C21H32O6/c1-6-21(22,17-14-25-20(4,5)27-17)18(16-13-24-19(2,3)26-16)23-12-15-10-8-7-9-11-15/h7-11,16-18,22H,6,12-14H2,1-5H3/t16-,17-,18+,21+/m0/s1. The highest BCUT2D eigenvalue weighted by Crippen LogP contribution is 2.38. The minimum atomic E-state index is -1.27. The molecule has 2 heterocycles. The lowest BCUT2D eigenvalue weighted by Crippen LogP contribution is -2.59. The van der Waals surface area contributed by atoms with Crippen LogP contribution >= 0.6 is 0 Å². The number of hydrogen-bond donors (Lipinski definition) is 1. The maximum atomic E-state index is 11.7. The molecule has 1 aromatic carbocycles. The molecule has 2 saturated heterocycles. The fourth-order valence-electron chi connectivity index (χ4n) is 3.74. The Morgan fingerprint density at radius 1 is 1.07 bits per heavy atom. The maximum absolute atomic E-state index is 11.7. The average Bonchev–Trinajstić information content (AvgIpc) is 3.17. The van der Waals surface area contributed by atoms with Crippen molar-refractivity contribution in [2.45, 2.75) is 83.1 Å². The second-order valence-corrected chi connectivity index (χ2v) is 8.25. The highest BCUT2D eigenvalue weighted by Gasteiger charge is 2.55. The quantitative estimate of drug-likeness (QED) is 0.784. The highest BCUT2D eigenvalue weighted by atomic mass is 16.8. The van der Waals surface area contributed by atoms with Crippen LogP contribution in [0.5, 0.6) is 0 Å². The zero-order valence-electron chi connectivity index (χ0n) is 16.9. The van der Waals surface area contributed by atoms with Crippen molar-refractivity contribution >= 4 is 0 Å². The van der Waals surface area contributed by atoms with Gasteiger partial charge >= 0.3 is 0 Å². The largest absolute Gasteiger partial charge is 0.384 e. The third-order valence-corrected chi connectivity index (χ3v) is 5.27. The van der Waals surface area contributed by atoms with Crippen LogP contribution in [0.25, 0.3) is 0 Å². The van der Waals surface area contributed by atoms with E-state index in [9.17, 15) is 5.11 Å². The van der Waals surface area contributed by atoms with Crippen LogP contribution in [-0.4, -0.2) is 53.8 Å². The Bertz CT molecular complexity index is 616. The molecule has 2 aliphatic heterocycles. The van der Waals surface area contributed by atoms with Crippen LogP contribution < -0.4 is 0 Å². The number of rotatable bonds is 7. The lowest BCUT2D eigenvalue weighted by atomic mass is 9.84. The number of benzene rings is 1. The molecule has 0 bridgehead atoms. The van der Waals surface area contributed by atoms with Gasteiger partial charge in [0.1, 0.15) is 23.9 Å². The van der Waals surface area contributed by atoms with Crippen molar-refractivity contribution in [1.29, 1.82) is 0 Å². The molecule has 0 unspecified atom stereocenters. The van der Waals surface area contributed by atoms with Gasteiger partial charge < -0.3 is 28.8 Å². The molecule has 0 spiro atoms. The summed E-state index contributed by atoms with van der Waals surface area (Å²) >= 11 is 0. The van der Waals surface area contributed by atoms with Crippen LogP contribution in [0, 0.1) is 0 Å². The summed E-state index contributed by atoms with van der Waals surface area (Å²) in [5, 5.41) is 11.7. The first-order valence-electron chi connectivity index (χ1n) is 9.67. The molecule has 0 saturated carbocycles. The van der Waals surface area contributed by atoms with Gasteiger partial charge in [0, 0.05) is 0 Å². The Morgan fingerprint density at radius 3 is 2.22 bits per heavy atom. The molecular weight excluding hydrogens is 348 g/mol. The van der Waals surface area contributed by atoms with E-state index in [4.69, 9.17) is 23.7 Å². The molecular formula is C21H32O6. The predicted octanol–water partition coefficient (Wildman–Crippen LogP) is 3.02. The van der Waals surface area contributed by atoms with Crippen LogP contribution in [0.3, 0.4) is 0 Å². The summed E-state index contributed by atoms with van der Waals surface area (Å²) in [7, 11) is 0. The van der Waals surface area contributed by atoms with Gasteiger partial charge in [-0.1, -0.05) is 37.3 Å². The van der Waals surface area contributed by atoms with E-state index in [0.717, 1.165) is 5.56 Å². The SMILES string of the molecule is CC[C@@](O)([C@@H]1COC(C)(C)O1)[C@H](OCc1ccccc1)[C@@H]1COC(C)(C)O1. The summed E-state index contributed by atoms with van der Waals surface area (Å²) in [6, 6.07) is 9.89. The van der Waals surface area contributed by atoms with Crippen molar-refractivity contribution in [3.05, 3.63) is 35.9 Å². The first-order valence-corrected chi connectivity index (χ1v) is 9.67. The minimum Gasteiger partial charge on any atom is -0.384 e. The van der Waals surface area contributed by atoms with Crippen LogP contribution in [0.15, 0.2) is 30.3 Å². The number of ether oxygens (including phenoxy) is 5. The normalized spacial score (nSPS) is 30.1. The zero-order chi connectivity index (χ0) is 19.7. The van der Waals surface area contributed by atoms with Crippen molar-refractivity contribution in [2.75, 3.05) is 13.2 Å². The molecule has 152 valence electrons. The fourth-order valence-corrected chi connectivity index (χ4v) is 3.74. The zero-order valence-corrected chi connectivity index (χ0v) is 16.9. The molecule has 27 heavy (non-hydrogen) atoms. The van der Waals surface area contributed by atoms with Gasteiger partial charge in [-0.25, -0.2) is 0 Å². The van der Waals surface area contributed by atoms with Crippen LogP contribution in [0.1, 0.15) is 46.6 Å². The van der Waals surface area contributed by atoms with Crippen LogP contribution in [0.4, 0.5) is 0 Å². The molecule has 1 aromatic rings. The van der Waals surface area contributed by atoms with E-state index in [0.29, 0.717) is 26.2 Å². The van der Waals surface area contributed by atoms with Gasteiger partial charge in [-0.05, 0) is 39.7 Å².